The number of hydrogen-bond donors (Lipinski definition) is 2. The van der Waals surface area contributed by atoms with Gasteiger partial charge in [-0.25, -0.2) is 0 Å². The first-order chi connectivity index (χ1) is 9.35. The van der Waals surface area contributed by atoms with Crippen LogP contribution in [0, 0.1) is 5.41 Å². The maximum absolute atomic E-state index is 12.0. The number of carbonyl (C=O) groups is 2. The van der Waals surface area contributed by atoms with Gasteiger partial charge in [-0.1, -0.05) is 11.6 Å². The fourth-order valence-corrected chi connectivity index (χ4v) is 2.84. The van der Waals surface area contributed by atoms with E-state index in [4.69, 9.17) is 16.7 Å². The van der Waals surface area contributed by atoms with E-state index in [-0.39, 0.29) is 5.75 Å². The standard InChI is InChI=1S/C13H14ClNO4S/c1-20(19)7-8-6-9(2-3-10(8)14)15-11(16)13(4-5-13)12(17)18/h2-3,6H,4-5,7H2,1H3,(H,15,16)(H,17,18). The molecule has 5 nitrogen and oxygen atoms in total. The number of aliphatic carboxylic acids is 1. The van der Waals surface area contributed by atoms with Crippen molar-refractivity contribution in [1.29, 1.82) is 0 Å². The maximum atomic E-state index is 12.0. The summed E-state index contributed by atoms with van der Waals surface area (Å²) < 4.78 is 11.2. The summed E-state index contributed by atoms with van der Waals surface area (Å²) in [5, 5.41) is 12.1. The van der Waals surface area contributed by atoms with Crippen LogP contribution in [-0.2, 0) is 26.1 Å². The predicted octanol–water partition coefficient (Wildman–Crippen LogP) is 2.02. The van der Waals surface area contributed by atoms with E-state index in [0.717, 1.165) is 0 Å². The quantitative estimate of drug-likeness (QED) is 0.814. The van der Waals surface area contributed by atoms with Crippen molar-refractivity contribution < 1.29 is 18.9 Å². The summed E-state index contributed by atoms with van der Waals surface area (Å²) >= 11 is 5.99. The van der Waals surface area contributed by atoms with Crippen LogP contribution < -0.4 is 5.32 Å². The highest BCUT2D eigenvalue weighted by molar-refractivity contribution is 7.83. The van der Waals surface area contributed by atoms with E-state index in [9.17, 15) is 13.8 Å². The van der Waals surface area contributed by atoms with E-state index in [1.165, 1.54) is 0 Å². The number of hydrogen-bond acceptors (Lipinski definition) is 3. The van der Waals surface area contributed by atoms with E-state index in [2.05, 4.69) is 5.32 Å². The molecule has 7 heteroatoms. The molecule has 1 unspecified atom stereocenters. The Hall–Kier alpha value is -1.40. The molecule has 0 aromatic heterocycles. The van der Waals surface area contributed by atoms with Crippen LogP contribution in [-0.4, -0.2) is 27.4 Å². The number of carbonyl (C=O) groups excluding carboxylic acids is 1. The van der Waals surface area contributed by atoms with Crippen molar-refractivity contribution in [3.63, 3.8) is 0 Å². The molecule has 108 valence electrons. The SMILES string of the molecule is CS(=O)Cc1cc(NC(=O)C2(C(=O)O)CC2)ccc1Cl. The van der Waals surface area contributed by atoms with Gasteiger partial charge in [0.2, 0.25) is 5.91 Å². The summed E-state index contributed by atoms with van der Waals surface area (Å²) in [6, 6.07) is 4.82. The summed E-state index contributed by atoms with van der Waals surface area (Å²) in [6.07, 6.45) is 2.27. The average molecular weight is 316 g/mol. The molecule has 0 saturated heterocycles. The molecule has 1 amide bonds. The summed E-state index contributed by atoms with van der Waals surface area (Å²) in [6.45, 7) is 0. The third-order valence-electron chi connectivity index (χ3n) is 3.26. The number of amides is 1. The molecule has 0 heterocycles. The molecule has 0 bridgehead atoms. The molecule has 1 saturated carbocycles. The molecule has 20 heavy (non-hydrogen) atoms. The lowest BCUT2D eigenvalue weighted by molar-refractivity contribution is -0.147. The second kappa shape index (κ2) is 5.54. The second-order valence-electron chi connectivity index (χ2n) is 4.87. The number of rotatable bonds is 5. The number of carboxylic acid groups (broad SMARTS) is 1. The van der Waals surface area contributed by atoms with E-state index in [0.29, 0.717) is 29.1 Å². The zero-order chi connectivity index (χ0) is 14.9. The zero-order valence-electron chi connectivity index (χ0n) is 10.8. The van der Waals surface area contributed by atoms with Crippen molar-refractivity contribution in [2.75, 3.05) is 11.6 Å². The van der Waals surface area contributed by atoms with Crippen molar-refractivity contribution in [3.8, 4) is 0 Å². The van der Waals surface area contributed by atoms with E-state index in [1.54, 1.807) is 24.5 Å². The Kier molecular flexibility index (Phi) is 4.15. The Labute approximate surface area is 123 Å². The van der Waals surface area contributed by atoms with Gasteiger partial charge in [0, 0.05) is 33.5 Å². The Morgan fingerprint density at radius 3 is 2.60 bits per heavy atom. The molecule has 1 aromatic carbocycles. The molecule has 1 aliphatic rings. The van der Waals surface area contributed by atoms with Crippen LogP contribution in [0.15, 0.2) is 18.2 Å². The highest BCUT2D eigenvalue weighted by Gasteiger charge is 2.57. The summed E-state index contributed by atoms with van der Waals surface area (Å²) in [5.74, 6) is -1.33. The summed E-state index contributed by atoms with van der Waals surface area (Å²) in [7, 11) is -1.05. The third-order valence-corrected chi connectivity index (χ3v) is 4.34. The molecule has 0 radical (unpaired) electrons. The molecule has 1 fully saturated rings. The largest absolute Gasteiger partial charge is 0.480 e. The Balaban J connectivity index is 2.16. The van der Waals surface area contributed by atoms with Crippen molar-refractivity contribution in [2.45, 2.75) is 18.6 Å². The van der Waals surface area contributed by atoms with Crippen LogP contribution in [0.5, 0.6) is 0 Å². The fourth-order valence-electron chi connectivity index (χ4n) is 1.90. The van der Waals surface area contributed by atoms with E-state index >= 15 is 0 Å². The first-order valence-electron chi connectivity index (χ1n) is 5.98. The highest BCUT2D eigenvalue weighted by atomic mass is 35.5. The zero-order valence-corrected chi connectivity index (χ0v) is 12.4. The minimum absolute atomic E-state index is 0.284. The third kappa shape index (κ3) is 3.02. The number of halogens is 1. The number of benzene rings is 1. The molecule has 2 rings (SSSR count). The van der Waals surface area contributed by atoms with E-state index in [1.807, 2.05) is 0 Å². The lowest BCUT2D eigenvalue weighted by atomic mass is 10.1. The first-order valence-corrected chi connectivity index (χ1v) is 8.09. The van der Waals surface area contributed by atoms with Gasteiger partial charge < -0.3 is 10.4 Å². The molecule has 1 aromatic rings. The number of carboxylic acids is 1. The average Bonchev–Trinajstić information content (AvgIpc) is 3.14. The van der Waals surface area contributed by atoms with Crippen LogP contribution in [0.2, 0.25) is 5.02 Å². The maximum Gasteiger partial charge on any atom is 0.319 e. The van der Waals surface area contributed by atoms with Crippen LogP contribution in [0.4, 0.5) is 5.69 Å². The number of nitrogens with one attached hydrogen (secondary N) is 1. The van der Waals surface area contributed by atoms with Gasteiger partial charge in [0.1, 0.15) is 5.41 Å². The Morgan fingerprint density at radius 1 is 1.45 bits per heavy atom. The molecule has 0 aliphatic heterocycles. The monoisotopic (exact) mass is 315 g/mol. The lowest BCUT2D eigenvalue weighted by Gasteiger charge is -2.12. The Bertz CT molecular complexity index is 598. The minimum atomic E-state index is -1.28. The Morgan fingerprint density at radius 2 is 2.10 bits per heavy atom. The van der Waals surface area contributed by atoms with Crippen LogP contribution in [0.1, 0.15) is 18.4 Å². The molecular formula is C13H14ClNO4S. The number of anilines is 1. The normalized spacial score (nSPS) is 17.3. The van der Waals surface area contributed by atoms with Crippen molar-refractivity contribution >= 4 is 40.0 Å². The predicted molar refractivity (Wildman–Crippen MR) is 77.2 cm³/mol. The molecule has 2 N–H and O–H groups in total. The molecule has 1 atom stereocenters. The van der Waals surface area contributed by atoms with Crippen molar-refractivity contribution in [2.24, 2.45) is 5.41 Å². The van der Waals surface area contributed by atoms with Crippen molar-refractivity contribution in [1.82, 2.24) is 0 Å². The minimum Gasteiger partial charge on any atom is -0.480 e. The summed E-state index contributed by atoms with van der Waals surface area (Å²) in [5.41, 5.74) is -0.161. The summed E-state index contributed by atoms with van der Waals surface area (Å²) in [4.78, 5) is 23.0. The topological polar surface area (TPSA) is 83.5 Å². The van der Waals surface area contributed by atoms with Gasteiger partial charge in [0.25, 0.3) is 0 Å². The van der Waals surface area contributed by atoms with Crippen LogP contribution >= 0.6 is 11.6 Å². The molecular weight excluding hydrogens is 302 g/mol. The molecule has 1 aliphatic carbocycles. The van der Waals surface area contributed by atoms with Gasteiger partial charge in [-0.05, 0) is 36.6 Å². The van der Waals surface area contributed by atoms with Crippen LogP contribution in [0.25, 0.3) is 0 Å². The van der Waals surface area contributed by atoms with Gasteiger partial charge in [0.15, 0.2) is 0 Å². The highest BCUT2D eigenvalue weighted by Crippen LogP contribution is 2.46. The van der Waals surface area contributed by atoms with Crippen LogP contribution in [0.3, 0.4) is 0 Å². The molecule has 0 spiro atoms. The van der Waals surface area contributed by atoms with E-state index < -0.39 is 28.1 Å². The second-order valence-corrected chi connectivity index (χ2v) is 6.71. The first kappa shape index (κ1) is 15.0. The van der Waals surface area contributed by atoms with Gasteiger partial charge in [-0.15, -0.1) is 0 Å². The van der Waals surface area contributed by atoms with Gasteiger partial charge in [-0.2, -0.15) is 0 Å². The smallest absolute Gasteiger partial charge is 0.319 e. The van der Waals surface area contributed by atoms with Gasteiger partial charge in [0.05, 0.1) is 0 Å². The van der Waals surface area contributed by atoms with Crippen molar-refractivity contribution in [3.05, 3.63) is 28.8 Å². The lowest BCUT2D eigenvalue weighted by Crippen LogP contribution is -2.31. The fraction of sp³-hybridized carbons (Fsp3) is 0.385. The van der Waals surface area contributed by atoms with Gasteiger partial charge in [-0.3, -0.25) is 13.8 Å². The van der Waals surface area contributed by atoms with Gasteiger partial charge >= 0.3 is 5.97 Å².